The summed E-state index contributed by atoms with van der Waals surface area (Å²) in [5.41, 5.74) is 0. The first-order valence-electron chi connectivity index (χ1n) is 4.96. The van der Waals surface area contributed by atoms with Crippen molar-refractivity contribution in [1.82, 2.24) is 0 Å². The zero-order chi connectivity index (χ0) is 10.6. The van der Waals surface area contributed by atoms with Gasteiger partial charge in [-0.1, -0.05) is 15.9 Å². The van der Waals surface area contributed by atoms with Crippen LogP contribution in [0.5, 0.6) is 0 Å². The van der Waals surface area contributed by atoms with E-state index in [1.165, 1.54) is 4.90 Å². The maximum atomic E-state index is 11.5. The van der Waals surface area contributed by atoms with E-state index in [1.54, 1.807) is 0 Å². The summed E-state index contributed by atoms with van der Waals surface area (Å²) in [5.74, 6) is 0.597. The molecular weight excluding hydrogens is 300 g/mol. The monoisotopic (exact) mass is 311 g/mol. The Balaban J connectivity index is 1.86. The Kier molecular flexibility index (Phi) is 2.43. The van der Waals surface area contributed by atoms with Crippen molar-refractivity contribution in [1.29, 1.82) is 0 Å². The molecule has 4 atom stereocenters. The van der Waals surface area contributed by atoms with Crippen molar-refractivity contribution in [2.24, 2.45) is 4.99 Å². The third-order valence-corrected chi connectivity index (χ3v) is 7.41. The van der Waals surface area contributed by atoms with E-state index in [4.69, 9.17) is 0 Å². The molecule has 15 heavy (non-hydrogen) atoms. The van der Waals surface area contributed by atoms with Crippen molar-refractivity contribution in [3.05, 3.63) is 0 Å². The van der Waals surface area contributed by atoms with Crippen LogP contribution in [0.3, 0.4) is 0 Å². The van der Waals surface area contributed by atoms with E-state index < -0.39 is 9.84 Å². The van der Waals surface area contributed by atoms with Gasteiger partial charge in [-0.25, -0.2) is 13.4 Å². The SMILES string of the molecule is O=S1(=O)C[C@H]2N=C3SC(CBr)C[NH+]3[C@H]2C1. The van der Waals surface area contributed by atoms with Crippen molar-refractivity contribution >= 4 is 42.7 Å². The number of alkyl halides is 1. The Bertz CT molecular complexity index is 422. The maximum Gasteiger partial charge on any atom is 0.258 e. The summed E-state index contributed by atoms with van der Waals surface area (Å²) in [7, 11) is -2.82. The molecule has 2 saturated heterocycles. The number of sulfone groups is 1. The van der Waals surface area contributed by atoms with Gasteiger partial charge in [0.15, 0.2) is 9.84 Å². The van der Waals surface area contributed by atoms with Gasteiger partial charge in [0.25, 0.3) is 5.17 Å². The zero-order valence-electron chi connectivity index (χ0n) is 8.02. The van der Waals surface area contributed by atoms with E-state index in [1.807, 2.05) is 11.8 Å². The molecular formula is C8H12BrN2O2S2+. The molecule has 0 aromatic rings. The number of nitrogens with zero attached hydrogens (tertiary/aromatic N) is 1. The summed E-state index contributed by atoms with van der Waals surface area (Å²) >= 11 is 5.28. The number of nitrogens with one attached hydrogen (secondary N) is 1. The number of thioether (sulfide) groups is 1. The van der Waals surface area contributed by atoms with E-state index >= 15 is 0 Å². The number of amidine groups is 1. The van der Waals surface area contributed by atoms with Gasteiger partial charge in [-0.05, 0) is 11.8 Å². The van der Waals surface area contributed by atoms with Gasteiger partial charge in [0.1, 0.15) is 17.8 Å². The van der Waals surface area contributed by atoms with Crippen LogP contribution in [0.15, 0.2) is 4.99 Å². The fourth-order valence-corrected chi connectivity index (χ4v) is 6.34. The van der Waals surface area contributed by atoms with Crippen LogP contribution in [0.1, 0.15) is 0 Å². The molecule has 0 aromatic heterocycles. The van der Waals surface area contributed by atoms with Gasteiger partial charge in [0.2, 0.25) is 0 Å². The normalized spacial score (nSPS) is 46.3. The highest BCUT2D eigenvalue weighted by molar-refractivity contribution is 9.09. The molecule has 3 heterocycles. The third-order valence-electron chi connectivity index (χ3n) is 3.23. The Morgan fingerprint density at radius 2 is 2.33 bits per heavy atom. The standard InChI is InChI=1S/C8H11BrN2O2S2/c9-1-5-2-11-7-4-15(12,13)3-6(7)10-8(11)14-5/h5-7H,1-4H2/p+1/t5?,6-,7+/m1/s1. The lowest BCUT2D eigenvalue weighted by atomic mass is 10.2. The van der Waals surface area contributed by atoms with E-state index in [2.05, 4.69) is 20.9 Å². The predicted octanol–water partition coefficient (Wildman–Crippen LogP) is -1.08. The fourth-order valence-electron chi connectivity index (χ4n) is 2.56. The second kappa shape index (κ2) is 3.45. The molecule has 0 amide bonds. The average Bonchev–Trinajstić information content (AvgIpc) is 2.72. The Labute approximate surface area is 102 Å². The van der Waals surface area contributed by atoms with Crippen LogP contribution in [-0.4, -0.2) is 54.3 Å². The van der Waals surface area contributed by atoms with E-state index in [0.29, 0.717) is 11.0 Å². The quantitative estimate of drug-likeness (QED) is 0.627. The topological polar surface area (TPSA) is 50.9 Å². The molecule has 1 N–H and O–H groups in total. The second-order valence-electron chi connectivity index (χ2n) is 4.31. The molecule has 0 spiro atoms. The minimum atomic E-state index is -2.82. The van der Waals surface area contributed by atoms with Crippen molar-refractivity contribution < 1.29 is 13.3 Å². The van der Waals surface area contributed by atoms with E-state index in [0.717, 1.165) is 17.0 Å². The second-order valence-corrected chi connectivity index (χ2v) is 8.40. The summed E-state index contributed by atoms with van der Waals surface area (Å²) in [5, 5.41) is 2.66. The minimum absolute atomic E-state index is 0.0452. The van der Waals surface area contributed by atoms with Gasteiger partial charge in [0.05, 0.1) is 17.5 Å². The van der Waals surface area contributed by atoms with Crippen LogP contribution >= 0.6 is 27.7 Å². The van der Waals surface area contributed by atoms with Crippen molar-refractivity contribution in [3.8, 4) is 0 Å². The largest absolute Gasteiger partial charge is 0.274 e. The van der Waals surface area contributed by atoms with Gasteiger partial charge in [-0.2, -0.15) is 0 Å². The molecule has 7 heteroatoms. The van der Waals surface area contributed by atoms with Crippen molar-refractivity contribution in [2.75, 3.05) is 23.4 Å². The lowest BCUT2D eigenvalue weighted by molar-refractivity contribution is -0.817. The van der Waals surface area contributed by atoms with Crippen LogP contribution in [0, 0.1) is 0 Å². The van der Waals surface area contributed by atoms with Gasteiger partial charge in [-0.15, -0.1) is 0 Å². The molecule has 0 aromatic carbocycles. The van der Waals surface area contributed by atoms with E-state index in [9.17, 15) is 8.42 Å². The van der Waals surface area contributed by atoms with Crippen molar-refractivity contribution in [3.63, 3.8) is 0 Å². The average molecular weight is 312 g/mol. The van der Waals surface area contributed by atoms with Crippen molar-refractivity contribution in [2.45, 2.75) is 17.3 Å². The summed E-state index contributed by atoms with van der Waals surface area (Å²) in [4.78, 5) is 5.86. The summed E-state index contributed by atoms with van der Waals surface area (Å²) in [6.45, 7) is 1.02. The molecule has 2 fully saturated rings. The molecule has 3 rings (SSSR count). The first-order chi connectivity index (χ1) is 7.09. The minimum Gasteiger partial charge on any atom is -0.274 e. The summed E-state index contributed by atoms with van der Waals surface area (Å²) in [6.07, 6.45) is 0. The fraction of sp³-hybridized carbons (Fsp3) is 0.875. The maximum absolute atomic E-state index is 11.5. The molecule has 3 aliphatic heterocycles. The highest BCUT2D eigenvalue weighted by Crippen LogP contribution is 2.26. The van der Waals surface area contributed by atoms with Gasteiger partial charge in [0, 0.05) is 5.33 Å². The van der Waals surface area contributed by atoms with Crippen LogP contribution in [0.25, 0.3) is 0 Å². The highest BCUT2D eigenvalue weighted by atomic mass is 79.9. The number of hydrogen-bond acceptors (Lipinski definition) is 4. The number of fused-ring (bicyclic) bond motifs is 3. The molecule has 0 bridgehead atoms. The predicted molar refractivity (Wildman–Crippen MR) is 64.7 cm³/mol. The number of rotatable bonds is 1. The highest BCUT2D eigenvalue weighted by Gasteiger charge is 2.54. The summed E-state index contributed by atoms with van der Waals surface area (Å²) < 4.78 is 23.0. The van der Waals surface area contributed by atoms with Crippen LogP contribution in [-0.2, 0) is 9.84 Å². The van der Waals surface area contributed by atoms with E-state index in [-0.39, 0.29) is 17.8 Å². The molecule has 0 aliphatic carbocycles. The molecule has 0 radical (unpaired) electrons. The molecule has 0 saturated carbocycles. The lowest BCUT2D eigenvalue weighted by Gasteiger charge is -2.14. The van der Waals surface area contributed by atoms with Crippen LogP contribution in [0.2, 0.25) is 0 Å². The first-order valence-corrected chi connectivity index (χ1v) is 8.78. The molecule has 84 valence electrons. The van der Waals surface area contributed by atoms with Gasteiger partial charge in [-0.3, -0.25) is 4.90 Å². The van der Waals surface area contributed by atoms with Gasteiger partial charge < -0.3 is 0 Å². The third kappa shape index (κ3) is 1.67. The number of aliphatic imine (C=N–C) groups is 1. The van der Waals surface area contributed by atoms with Crippen LogP contribution in [0.4, 0.5) is 0 Å². The Morgan fingerprint density at radius 1 is 1.53 bits per heavy atom. The molecule has 2 unspecified atom stereocenters. The number of hydrogen-bond donors (Lipinski definition) is 1. The first kappa shape index (κ1) is 10.6. The smallest absolute Gasteiger partial charge is 0.258 e. The lowest BCUT2D eigenvalue weighted by Crippen LogP contribution is -3.16. The number of quaternary nitrogens is 1. The molecule has 3 aliphatic rings. The summed E-state index contributed by atoms with van der Waals surface area (Å²) in [6, 6.07) is 0.255. The Hall–Kier alpha value is 0.410. The number of halogens is 1. The van der Waals surface area contributed by atoms with Gasteiger partial charge >= 0.3 is 0 Å². The van der Waals surface area contributed by atoms with Crippen LogP contribution < -0.4 is 4.90 Å². The molecule has 4 nitrogen and oxygen atoms in total. The zero-order valence-corrected chi connectivity index (χ0v) is 11.2. The Morgan fingerprint density at radius 3 is 3.07 bits per heavy atom.